The number of hydrogen-bond donors (Lipinski definition) is 1. The fourth-order valence-corrected chi connectivity index (χ4v) is 1.98. The van der Waals surface area contributed by atoms with Crippen LogP contribution >= 0.6 is 22.6 Å². The fraction of sp³-hybridized carbons (Fsp3) is 0.154. The van der Waals surface area contributed by atoms with Gasteiger partial charge in [0.2, 0.25) is 0 Å². The number of carbonyl (C=O) groups excluding carboxylic acids is 1. The highest BCUT2D eigenvalue weighted by molar-refractivity contribution is 14.1. The van der Waals surface area contributed by atoms with Gasteiger partial charge in [0.25, 0.3) is 5.91 Å². The fourth-order valence-electron chi connectivity index (χ4n) is 1.46. The number of amides is 1. The minimum absolute atomic E-state index is 0.216. The van der Waals surface area contributed by atoms with Gasteiger partial charge >= 0.3 is 0 Å². The van der Waals surface area contributed by atoms with Gasteiger partial charge in [-0.05, 0) is 60.2 Å². The van der Waals surface area contributed by atoms with Gasteiger partial charge in [-0.3, -0.25) is 4.79 Å². The Balaban J connectivity index is 2.19. The molecule has 1 aromatic carbocycles. The van der Waals surface area contributed by atoms with E-state index in [9.17, 15) is 4.79 Å². The minimum atomic E-state index is -0.216. The predicted molar refractivity (Wildman–Crippen MR) is 75.3 cm³/mol. The molecule has 1 aromatic heterocycles. The molecule has 0 spiro atoms. The van der Waals surface area contributed by atoms with E-state index in [1.54, 1.807) is 6.07 Å². The normalized spacial score (nSPS) is 10.3. The van der Waals surface area contributed by atoms with Crippen LogP contribution in [-0.4, -0.2) is 5.91 Å². The number of furan rings is 1. The lowest BCUT2D eigenvalue weighted by atomic mass is 10.2. The second kappa shape index (κ2) is 4.91. The van der Waals surface area contributed by atoms with Crippen LogP contribution in [0.4, 0.5) is 5.69 Å². The molecular formula is C13H12INO2. The number of anilines is 1. The van der Waals surface area contributed by atoms with Crippen molar-refractivity contribution in [2.75, 3.05) is 5.32 Å². The summed E-state index contributed by atoms with van der Waals surface area (Å²) in [5, 5.41) is 2.82. The third-order valence-electron chi connectivity index (χ3n) is 2.50. The summed E-state index contributed by atoms with van der Waals surface area (Å²) in [6.45, 7) is 3.88. The molecule has 2 rings (SSSR count). The SMILES string of the molecule is Cc1ccc(NC(=O)c2occc2C)cc1I. The first-order valence-electron chi connectivity index (χ1n) is 5.19. The summed E-state index contributed by atoms with van der Waals surface area (Å²) in [7, 11) is 0. The second-order valence-corrected chi connectivity index (χ2v) is 5.01. The molecule has 3 nitrogen and oxygen atoms in total. The average Bonchev–Trinajstić information content (AvgIpc) is 2.70. The van der Waals surface area contributed by atoms with Crippen molar-refractivity contribution in [2.45, 2.75) is 13.8 Å². The molecule has 0 fully saturated rings. The van der Waals surface area contributed by atoms with Crippen LogP contribution in [0.15, 0.2) is 34.9 Å². The van der Waals surface area contributed by atoms with Crippen molar-refractivity contribution in [3.05, 3.63) is 51.0 Å². The molecule has 0 atom stereocenters. The van der Waals surface area contributed by atoms with Crippen molar-refractivity contribution < 1.29 is 9.21 Å². The first-order chi connectivity index (χ1) is 8.08. The van der Waals surface area contributed by atoms with Gasteiger partial charge in [0.15, 0.2) is 5.76 Å². The molecule has 17 heavy (non-hydrogen) atoms. The van der Waals surface area contributed by atoms with Crippen LogP contribution in [0.2, 0.25) is 0 Å². The van der Waals surface area contributed by atoms with Crippen LogP contribution in [-0.2, 0) is 0 Å². The average molecular weight is 341 g/mol. The summed E-state index contributed by atoms with van der Waals surface area (Å²) in [5.74, 6) is 0.146. The van der Waals surface area contributed by atoms with E-state index >= 15 is 0 Å². The minimum Gasteiger partial charge on any atom is -0.459 e. The van der Waals surface area contributed by atoms with Crippen molar-refractivity contribution >= 4 is 34.2 Å². The lowest BCUT2D eigenvalue weighted by Gasteiger charge is -2.06. The van der Waals surface area contributed by atoms with Crippen LogP contribution in [0, 0.1) is 17.4 Å². The summed E-state index contributed by atoms with van der Waals surface area (Å²) in [5.41, 5.74) is 2.81. The molecule has 88 valence electrons. The number of aryl methyl sites for hydroxylation is 2. The number of carbonyl (C=O) groups is 1. The Morgan fingerprint density at radius 2 is 2.00 bits per heavy atom. The Morgan fingerprint density at radius 3 is 2.59 bits per heavy atom. The second-order valence-electron chi connectivity index (χ2n) is 3.85. The van der Waals surface area contributed by atoms with E-state index in [4.69, 9.17) is 4.42 Å². The van der Waals surface area contributed by atoms with Crippen molar-refractivity contribution in [3.8, 4) is 0 Å². The van der Waals surface area contributed by atoms with Crippen LogP contribution in [0.5, 0.6) is 0 Å². The van der Waals surface area contributed by atoms with Gasteiger partial charge in [-0.1, -0.05) is 6.07 Å². The molecule has 0 radical (unpaired) electrons. The maximum absolute atomic E-state index is 11.9. The molecule has 0 unspecified atom stereocenters. The summed E-state index contributed by atoms with van der Waals surface area (Å²) in [6.07, 6.45) is 1.52. The zero-order valence-corrected chi connectivity index (χ0v) is 11.7. The van der Waals surface area contributed by atoms with Crippen LogP contribution in [0.1, 0.15) is 21.7 Å². The Morgan fingerprint density at radius 1 is 1.24 bits per heavy atom. The molecule has 0 saturated carbocycles. The standard InChI is InChI=1S/C13H12INO2/c1-8-3-4-10(7-11(8)14)15-13(16)12-9(2)5-6-17-12/h3-7H,1-2H3,(H,15,16). The van der Waals surface area contributed by atoms with E-state index in [1.807, 2.05) is 32.0 Å². The zero-order valence-electron chi connectivity index (χ0n) is 9.58. The van der Waals surface area contributed by atoms with Crippen molar-refractivity contribution in [1.29, 1.82) is 0 Å². The van der Waals surface area contributed by atoms with E-state index < -0.39 is 0 Å². The Kier molecular flexibility index (Phi) is 3.51. The first-order valence-corrected chi connectivity index (χ1v) is 6.27. The maximum Gasteiger partial charge on any atom is 0.291 e. The van der Waals surface area contributed by atoms with Crippen molar-refractivity contribution in [1.82, 2.24) is 0 Å². The number of hydrogen-bond acceptors (Lipinski definition) is 2. The van der Waals surface area contributed by atoms with E-state index in [-0.39, 0.29) is 5.91 Å². The van der Waals surface area contributed by atoms with Crippen molar-refractivity contribution in [3.63, 3.8) is 0 Å². The van der Waals surface area contributed by atoms with E-state index in [0.29, 0.717) is 5.76 Å². The van der Waals surface area contributed by atoms with E-state index in [0.717, 1.165) is 14.8 Å². The Hall–Kier alpha value is -1.30. The first kappa shape index (κ1) is 12.2. The molecule has 2 aromatic rings. The quantitative estimate of drug-likeness (QED) is 0.846. The summed E-state index contributed by atoms with van der Waals surface area (Å²) < 4.78 is 6.26. The van der Waals surface area contributed by atoms with Gasteiger partial charge in [-0.2, -0.15) is 0 Å². The molecule has 0 bridgehead atoms. The molecular weight excluding hydrogens is 329 g/mol. The van der Waals surface area contributed by atoms with Gasteiger partial charge in [0, 0.05) is 14.8 Å². The van der Waals surface area contributed by atoms with Gasteiger partial charge < -0.3 is 9.73 Å². The summed E-state index contributed by atoms with van der Waals surface area (Å²) >= 11 is 2.24. The molecule has 0 aliphatic carbocycles. The van der Waals surface area contributed by atoms with Gasteiger partial charge in [0.1, 0.15) is 0 Å². The topological polar surface area (TPSA) is 42.2 Å². The number of benzene rings is 1. The molecule has 0 saturated heterocycles. The maximum atomic E-state index is 11.9. The molecule has 4 heteroatoms. The third-order valence-corrected chi connectivity index (χ3v) is 3.66. The lowest BCUT2D eigenvalue weighted by Crippen LogP contribution is -2.12. The predicted octanol–water partition coefficient (Wildman–Crippen LogP) is 3.75. The molecule has 1 heterocycles. The lowest BCUT2D eigenvalue weighted by molar-refractivity contribution is 0.0996. The monoisotopic (exact) mass is 341 g/mol. The largest absolute Gasteiger partial charge is 0.459 e. The Labute approximate surface area is 113 Å². The molecule has 1 amide bonds. The number of halogens is 1. The van der Waals surface area contributed by atoms with E-state index in [1.165, 1.54) is 11.8 Å². The van der Waals surface area contributed by atoms with Crippen LogP contribution < -0.4 is 5.32 Å². The zero-order chi connectivity index (χ0) is 12.4. The van der Waals surface area contributed by atoms with Gasteiger partial charge in [-0.25, -0.2) is 0 Å². The molecule has 0 aliphatic rings. The summed E-state index contributed by atoms with van der Waals surface area (Å²) in [6, 6.07) is 7.57. The van der Waals surface area contributed by atoms with Crippen LogP contribution in [0.25, 0.3) is 0 Å². The van der Waals surface area contributed by atoms with Crippen LogP contribution in [0.3, 0.4) is 0 Å². The highest BCUT2D eigenvalue weighted by Gasteiger charge is 2.12. The highest BCUT2D eigenvalue weighted by atomic mass is 127. The smallest absolute Gasteiger partial charge is 0.291 e. The molecule has 1 N–H and O–H groups in total. The highest BCUT2D eigenvalue weighted by Crippen LogP contribution is 2.18. The number of rotatable bonds is 2. The number of nitrogens with one attached hydrogen (secondary N) is 1. The van der Waals surface area contributed by atoms with Gasteiger partial charge in [0.05, 0.1) is 6.26 Å². The molecule has 0 aliphatic heterocycles. The third kappa shape index (κ3) is 2.69. The van der Waals surface area contributed by atoms with Crippen molar-refractivity contribution in [2.24, 2.45) is 0 Å². The Bertz CT molecular complexity index is 560. The summed E-state index contributed by atoms with van der Waals surface area (Å²) in [4.78, 5) is 11.9. The van der Waals surface area contributed by atoms with Gasteiger partial charge in [-0.15, -0.1) is 0 Å². The van der Waals surface area contributed by atoms with E-state index in [2.05, 4.69) is 27.9 Å².